The molecule has 0 N–H and O–H groups in total. The van der Waals surface area contributed by atoms with Gasteiger partial charge in [0.15, 0.2) is 0 Å². The molecule has 144 valence electrons. The molecule has 2 amide bonds. The molecule has 0 unspecified atom stereocenters. The van der Waals surface area contributed by atoms with Gasteiger partial charge in [0, 0.05) is 0 Å². The zero-order chi connectivity index (χ0) is 19.7. The Morgan fingerprint density at radius 3 is 2.18 bits per heavy atom. The molecule has 0 aromatic heterocycles. The van der Waals surface area contributed by atoms with Gasteiger partial charge in [0.2, 0.25) is 11.8 Å². The Bertz CT molecular complexity index is 897. The number of esters is 1. The maximum atomic E-state index is 12.7. The summed E-state index contributed by atoms with van der Waals surface area (Å²) in [5.74, 6) is -0.207. The van der Waals surface area contributed by atoms with Gasteiger partial charge in [0.05, 0.1) is 30.2 Å². The molecule has 2 fully saturated rings. The van der Waals surface area contributed by atoms with Crippen LogP contribution in [0.2, 0.25) is 0 Å². The fourth-order valence-corrected chi connectivity index (χ4v) is 4.00. The third-order valence-electron chi connectivity index (χ3n) is 5.45. The highest BCUT2D eigenvalue weighted by Crippen LogP contribution is 2.40. The Hall–Kier alpha value is -3.15. The van der Waals surface area contributed by atoms with Gasteiger partial charge in [-0.1, -0.05) is 18.9 Å². The third kappa shape index (κ3) is 3.26. The molecule has 0 bridgehead atoms. The number of nitrogens with zero attached hydrogens (tertiary/aromatic N) is 1. The van der Waals surface area contributed by atoms with Crippen LogP contribution in [0.4, 0.5) is 5.69 Å². The fourth-order valence-electron chi connectivity index (χ4n) is 4.00. The number of benzene rings is 2. The SMILES string of the molecule is COc1cccc(C(=O)Oc2ccc(N3C(=O)[C@H]4CCCC[C@H]4C3=O)cc2)c1. The van der Waals surface area contributed by atoms with E-state index in [4.69, 9.17) is 9.47 Å². The van der Waals surface area contributed by atoms with E-state index in [1.54, 1.807) is 48.5 Å². The van der Waals surface area contributed by atoms with Crippen molar-refractivity contribution >= 4 is 23.5 Å². The number of fused-ring (bicyclic) bond motifs is 1. The van der Waals surface area contributed by atoms with Gasteiger partial charge < -0.3 is 9.47 Å². The molecule has 28 heavy (non-hydrogen) atoms. The van der Waals surface area contributed by atoms with Crippen molar-refractivity contribution < 1.29 is 23.9 Å². The smallest absolute Gasteiger partial charge is 0.343 e. The highest BCUT2D eigenvalue weighted by Gasteiger charge is 2.48. The van der Waals surface area contributed by atoms with E-state index >= 15 is 0 Å². The molecule has 2 atom stereocenters. The molecule has 0 spiro atoms. The van der Waals surface area contributed by atoms with E-state index in [1.165, 1.54) is 12.0 Å². The summed E-state index contributed by atoms with van der Waals surface area (Å²) in [6, 6.07) is 13.2. The van der Waals surface area contributed by atoms with E-state index in [1.807, 2.05) is 0 Å². The number of hydrogen-bond donors (Lipinski definition) is 0. The number of anilines is 1. The predicted octanol–water partition coefficient (Wildman–Crippen LogP) is 3.59. The van der Waals surface area contributed by atoms with Crippen molar-refractivity contribution in [3.8, 4) is 11.5 Å². The van der Waals surface area contributed by atoms with Crippen LogP contribution in [0.1, 0.15) is 36.0 Å². The van der Waals surface area contributed by atoms with Crippen LogP contribution >= 0.6 is 0 Å². The predicted molar refractivity (Wildman–Crippen MR) is 102 cm³/mol. The minimum absolute atomic E-state index is 0.115. The summed E-state index contributed by atoms with van der Waals surface area (Å²) in [6.07, 6.45) is 3.55. The lowest BCUT2D eigenvalue weighted by Crippen LogP contribution is -2.30. The first-order valence-electron chi connectivity index (χ1n) is 9.42. The maximum Gasteiger partial charge on any atom is 0.343 e. The molecule has 6 nitrogen and oxygen atoms in total. The second-order valence-electron chi connectivity index (χ2n) is 7.12. The summed E-state index contributed by atoms with van der Waals surface area (Å²) in [5.41, 5.74) is 0.892. The number of ether oxygens (including phenoxy) is 2. The Balaban J connectivity index is 1.49. The number of hydrogen-bond acceptors (Lipinski definition) is 5. The van der Waals surface area contributed by atoms with Gasteiger partial charge >= 0.3 is 5.97 Å². The quantitative estimate of drug-likeness (QED) is 0.461. The summed E-state index contributed by atoms with van der Waals surface area (Å²) in [5, 5.41) is 0. The average Bonchev–Trinajstić information content (AvgIpc) is 2.99. The Kier molecular flexibility index (Phi) is 4.86. The molecule has 1 heterocycles. The minimum Gasteiger partial charge on any atom is -0.497 e. The Morgan fingerprint density at radius 2 is 1.57 bits per heavy atom. The number of carbonyl (C=O) groups excluding carboxylic acids is 3. The van der Waals surface area contributed by atoms with Crippen molar-refractivity contribution in [3.05, 3.63) is 54.1 Å². The molecular formula is C22H21NO5. The van der Waals surface area contributed by atoms with Crippen LogP contribution in [0.5, 0.6) is 11.5 Å². The average molecular weight is 379 g/mol. The van der Waals surface area contributed by atoms with Gasteiger partial charge in [0.25, 0.3) is 0 Å². The lowest BCUT2D eigenvalue weighted by atomic mass is 9.81. The number of rotatable bonds is 4. The maximum absolute atomic E-state index is 12.7. The number of imide groups is 1. The minimum atomic E-state index is -0.508. The third-order valence-corrected chi connectivity index (χ3v) is 5.45. The molecule has 4 rings (SSSR count). The molecule has 1 saturated heterocycles. The van der Waals surface area contributed by atoms with Gasteiger partial charge in [0.1, 0.15) is 11.5 Å². The molecule has 2 aliphatic rings. The highest BCUT2D eigenvalue weighted by molar-refractivity contribution is 6.22. The summed E-state index contributed by atoms with van der Waals surface area (Å²) in [7, 11) is 1.53. The van der Waals surface area contributed by atoms with Crippen LogP contribution in [-0.4, -0.2) is 24.9 Å². The van der Waals surface area contributed by atoms with Crippen molar-refractivity contribution in [2.45, 2.75) is 25.7 Å². The van der Waals surface area contributed by atoms with Gasteiger partial charge in [-0.05, 0) is 55.3 Å². The summed E-state index contributed by atoms with van der Waals surface area (Å²) in [6.45, 7) is 0. The molecule has 6 heteroatoms. The molecule has 1 aliphatic heterocycles. The van der Waals surface area contributed by atoms with Crippen molar-refractivity contribution in [2.24, 2.45) is 11.8 Å². The van der Waals surface area contributed by atoms with Crippen molar-refractivity contribution in [1.29, 1.82) is 0 Å². The largest absolute Gasteiger partial charge is 0.497 e. The lowest BCUT2D eigenvalue weighted by molar-refractivity contribution is -0.122. The van der Waals surface area contributed by atoms with Gasteiger partial charge in [-0.25, -0.2) is 4.79 Å². The second kappa shape index (κ2) is 7.46. The van der Waals surface area contributed by atoms with Crippen LogP contribution in [-0.2, 0) is 9.59 Å². The van der Waals surface area contributed by atoms with Gasteiger partial charge in [-0.2, -0.15) is 0 Å². The molecule has 1 saturated carbocycles. The number of carbonyl (C=O) groups is 3. The van der Waals surface area contributed by atoms with E-state index in [2.05, 4.69) is 0 Å². The lowest BCUT2D eigenvalue weighted by Gasteiger charge is -2.19. The van der Waals surface area contributed by atoms with E-state index in [0.717, 1.165) is 25.7 Å². The molecule has 2 aromatic rings. The second-order valence-corrected chi connectivity index (χ2v) is 7.12. The van der Waals surface area contributed by atoms with E-state index in [-0.39, 0.29) is 23.7 Å². The van der Waals surface area contributed by atoms with Crippen LogP contribution in [0.15, 0.2) is 48.5 Å². The number of amides is 2. The summed E-state index contributed by atoms with van der Waals surface area (Å²) >= 11 is 0. The zero-order valence-electron chi connectivity index (χ0n) is 15.6. The van der Waals surface area contributed by atoms with Crippen LogP contribution in [0, 0.1) is 11.8 Å². The summed E-state index contributed by atoms with van der Waals surface area (Å²) in [4.78, 5) is 38.9. The normalized spacial score (nSPS) is 21.4. The van der Waals surface area contributed by atoms with Crippen molar-refractivity contribution in [3.63, 3.8) is 0 Å². The number of methoxy groups -OCH3 is 1. The van der Waals surface area contributed by atoms with Gasteiger partial charge in [-0.3, -0.25) is 14.5 Å². The molecule has 0 radical (unpaired) electrons. The molecule has 1 aliphatic carbocycles. The Morgan fingerprint density at radius 1 is 0.929 bits per heavy atom. The first kappa shape index (κ1) is 18.2. The van der Waals surface area contributed by atoms with E-state index in [0.29, 0.717) is 22.7 Å². The highest BCUT2D eigenvalue weighted by atomic mass is 16.5. The van der Waals surface area contributed by atoms with Gasteiger partial charge in [-0.15, -0.1) is 0 Å². The monoisotopic (exact) mass is 379 g/mol. The topological polar surface area (TPSA) is 72.9 Å². The van der Waals surface area contributed by atoms with Crippen LogP contribution in [0.25, 0.3) is 0 Å². The summed E-state index contributed by atoms with van der Waals surface area (Å²) < 4.78 is 10.5. The fraction of sp³-hybridized carbons (Fsp3) is 0.318. The Labute approximate surface area is 163 Å². The zero-order valence-corrected chi connectivity index (χ0v) is 15.6. The van der Waals surface area contributed by atoms with Crippen molar-refractivity contribution in [2.75, 3.05) is 12.0 Å². The van der Waals surface area contributed by atoms with Crippen LogP contribution < -0.4 is 14.4 Å². The molecule has 2 aromatic carbocycles. The van der Waals surface area contributed by atoms with Crippen molar-refractivity contribution in [1.82, 2.24) is 0 Å². The van der Waals surface area contributed by atoms with Crippen LogP contribution in [0.3, 0.4) is 0 Å². The first-order valence-corrected chi connectivity index (χ1v) is 9.42. The first-order chi connectivity index (χ1) is 13.6. The standard InChI is InChI=1S/C22H21NO5/c1-27-17-6-4-5-14(13-17)22(26)28-16-11-9-15(10-12-16)23-20(24)18-7-2-3-8-19(18)21(23)25/h4-6,9-13,18-19H,2-3,7-8H2,1H3/t18-,19+. The van der Waals surface area contributed by atoms with E-state index in [9.17, 15) is 14.4 Å². The van der Waals surface area contributed by atoms with E-state index < -0.39 is 5.97 Å². The molecular weight excluding hydrogens is 358 g/mol.